The van der Waals surface area contributed by atoms with Crippen molar-refractivity contribution in [2.45, 2.75) is 6.92 Å². The Labute approximate surface area is 54.6 Å². The molecule has 0 aliphatic heterocycles. The van der Waals surface area contributed by atoms with Crippen LogP contribution >= 0.6 is 0 Å². The average Bonchev–Trinajstić information content (AvgIpc) is 1.61. The Morgan fingerprint density at radius 2 is 2.14 bits per heavy atom. The third-order valence-electron chi connectivity index (χ3n) is 0.440. The summed E-state index contributed by atoms with van der Waals surface area (Å²) < 4.78 is 4.73. The lowest BCUT2D eigenvalue weighted by Gasteiger charge is -1.91. The molecule has 0 aliphatic carbocycles. The molecule has 0 spiro atoms. The van der Waals surface area contributed by atoms with Crippen LogP contribution in [-0.2, 0) is 4.74 Å². The molecule has 0 fully saturated rings. The van der Waals surface area contributed by atoms with Gasteiger partial charge in [0.2, 0.25) is 0 Å². The lowest BCUT2D eigenvalue weighted by Crippen LogP contribution is -1.96. The Hall–Kier alpha value is 0.452. The zero-order valence-corrected chi connectivity index (χ0v) is 3.98. The van der Waals surface area contributed by atoms with Gasteiger partial charge < -0.3 is 9.84 Å². The van der Waals surface area contributed by atoms with Gasteiger partial charge in [-0.2, -0.15) is 0 Å². The van der Waals surface area contributed by atoms with E-state index in [-0.39, 0.29) is 24.0 Å². The molecule has 0 unspecified atom stereocenters. The van der Waals surface area contributed by atoms with Crippen LogP contribution in [0.25, 0.3) is 0 Å². The number of aliphatic hydroxyl groups excluding tert-OH is 1. The lowest BCUT2D eigenvalue weighted by atomic mass is 10.8. The summed E-state index contributed by atoms with van der Waals surface area (Å²) in [4.78, 5) is 0. The van der Waals surface area contributed by atoms with Crippen molar-refractivity contribution in [3.05, 3.63) is 0 Å². The van der Waals surface area contributed by atoms with Crippen LogP contribution in [0, 0.1) is 0 Å². The van der Waals surface area contributed by atoms with Gasteiger partial charge >= 0.3 is 0 Å². The predicted octanol–water partition coefficient (Wildman–Crippen LogP) is -1.17. The molecule has 0 radical (unpaired) electrons. The molecule has 0 rings (SSSR count). The van der Waals surface area contributed by atoms with E-state index in [9.17, 15) is 0 Å². The Bertz CT molecular complexity index is 21.7. The molecule has 0 heterocycles. The van der Waals surface area contributed by atoms with Crippen molar-refractivity contribution in [3.8, 4) is 0 Å². The second kappa shape index (κ2) is 9.68. The number of hydrogen-bond donors (Lipinski definition) is 1. The maximum absolute atomic E-state index is 8.07. The molecule has 0 aromatic carbocycles. The summed E-state index contributed by atoms with van der Waals surface area (Å²) in [7, 11) is 0. The average molecular weight is 120 g/mol. The second-order valence-electron chi connectivity index (χ2n) is 0.921. The molecule has 0 aromatic rings. The van der Waals surface area contributed by atoms with Gasteiger partial charge in [0.15, 0.2) is 17.4 Å². The maximum atomic E-state index is 8.07. The van der Waals surface area contributed by atoms with Gasteiger partial charge in [-0.25, -0.2) is 0 Å². The smallest absolute Gasteiger partial charge is 0.187 e. The SMILES string of the molecule is CCOCCO.[AlH3]. The van der Waals surface area contributed by atoms with Crippen LogP contribution in [0.5, 0.6) is 0 Å². The van der Waals surface area contributed by atoms with E-state index in [1.807, 2.05) is 6.92 Å². The zero-order chi connectivity index (χ0) is 4.83. The van der Waals surface area contributed by atoms with Gasteiger partial charge in [0.25, 0.3) is 0 Å². The number of aliphatic hydroxyl groups is 1. The van der Waals surface area contributed by atoms with Gasteiger partial charge in [-0.1, -0.05) is 0 Å². The summed E-state index contributed by atoms with van der Waals surface area (Å²) in [5.41, 5.74) is 0. The fourth-order valence-electron chi connectivity index (χ4n) is 0.209. The highest BCUT2D eigenvalue weighted by Gasteiger charge is 1.73. The predicted molar refractivity (Wildman–Crippen MR) is 33.5 cm³/mol. The van der Waals surface area contributed by atoms with Crippen LogP contribution in [0.4, 0.5) is 0 Å². The number of rotatable bonds is 3. The van der Waals surface area contributed by atoms with Crippen LogP contribution in [0.3, 0.4) is 0 Å². The quantitative estimate of drug-likeness (QED) is 0.375. The van der Waals surface area contributed by atoms with E-state index in [1.165, 1.54) is 0 Å². The second-order valence-corrected chi connectivity index (χ2v) is 0.921. The molecule has 0 amide bonds. The van der Waals surface area contributed by atoms with Gasteiger partial charge in [-0.3, -0.25) is 0 Å². The number of ether oxygens (including phenoxy) is 1. The summed E-state index contributed by atoms with van der Waals surface area (Å²) in [6.45, 7) is 3.20. The van der Waals surface area contributed by atoms with Gasteiger partial charge in [0.05, 0.1) is 13.2 Å². The first-order valence-corrected chi connectivity index (χ1v) is 2.10. The Kier molecular flexibility index (Phi) is 14.4. The van der Waals surface area contributed by atoms with Crippen molar-refractivity contribution in [1.82, 2.24) is 0 Å². The van der Waals surface area contributed by atoms with Gasteiger partial charge in [0, 0.05) is 6.61 Å². The maximum Gasteiger partial charge on any atom is 0.187 e. The first-order chi connectivity index (χ1) is 2.91. The summed E-state index contributed by atoms with van der Waals surface area (Å²) in [6, 6.07) is 0. The minimum absolute atomic E-state index is 0. The van der Waals surface area contributed by atoms with Crippen molar-refractivity contribution in [2.24, 2.45) is 0 Å². The minimum Gasteiger partial charge on any atom is -0.394 e. The van der Waals surface area contributed by atoms with Crippen molar-refractivity contribution >= 4 is 17.4 Å². The third-order valence-corrected chi connectivity index (χ3v) is 0.440. The lowest BCUT2D eigenvalue weighted by molar-refractivity contribution is 0.102. The monoisotopic (exact) mass is 120 g/mol. The molecule has 2 nitrogen and oxygen atoms in total. The van der Waals surface area contributed by atoms with E-state index in [4.69, 9.17) is 9.84 Å². The summed E-state index contributed by atoms with van der Waals surface area (Å²) in [5, 5.41) is 8.07. The molecular formula is C4H13AlO2. The van der Waals surface area contributed by atoms with Gasteiger partial charge in [0.1, 0.15) is 0 Å². The molecule has 0 bridgehead atoms. The normalized spacial score (nSPS) is 7.71. The largest absolute Gasteiger partial charge is 0.394 e. The first-order valence-electron chi connectivity index (χ1n) is 2.10. The molecule has 0 atom stereocenters. The van der Waals surface area contributed by atoms with Crippen LogP contribution in [0.15, 0.2) is 0 Å². The van der Waals surface area contributed by atoms with Crippen molar-refractivity contribution in [2.75, 3.05) is 19.8 Å². The summed E-state index contributed by atoms with van der Waals surface area (Å²) >= 11 is 0. The molecule has 0 saturated heterocycles. The number of hydrogen-bond acceptors (Lipinski definition) is 2. The van der Waals surface area contributed by atoms with E-state index in [0.29, 0.717) is 13.2 Å². The van der Waals surface area contributed by atoms with E-state index in [1.54, 1.807) is 0 Å². The molecule has 7 heavy (non-hydrogen) atoms. The fraction of sp³-hybridized carbons (Fsp3) is 1.00. The highest BCUT2D eigenvalue weighted by molar-refractivity contribution is 5.75. The third kappa shape index (κ3) is 10.7. The van der Waals surface area contributed by atoms with E-state index in [2.05, 4.69) is 0 Å². The molecule has 0 aromatic heterocycles. The molecule has 3 heteroatoms. The Balaban J connectivity index is 0. The van der Waals surface area contributed by atoms with Crippen LogP contribution in [0.1, 0.15) is 6.92 Å². The Morgan fingerprint density at radius 3 is 2.29 bits per heavy atom. The minimum atomic E-state index is 0. The van der Waals surface area contributed by atoms with E-state index < -0.39 is 0 Å². The van der Waals surface area contributed by atoms with Gasteiger partial charge in [-0.05, 0) is 6.92 Å². The molecule has 0 aliphatic rings. The Morgan fingerprint density at radius 1 is 1.57 bits per heavy atom. The summed E-state index contributed by atoms with van der Waals surface area (Å²) in [5.74, 6) is 0. The van der Waals surface area contributed by atoms with Crippen molar-refractivity contribution in [3.63, 3.8) is 0 Å². The first kappa shape index (κ1) is 10.4. The summed E-state index contributed by atoms with van der Waals surface area (Å²) in [6.07, 6.45) is 0. The van der Waals surface area contributed by atoms with E-state index in [0.717, 1.165) is 0 Å². The topological polar surface area (TPSA) is 29.5 Å². The molecule has 1 N–H and O–H groups in total. The zero-order valence-electron chi connectivity index (χ0n) is 3.98. The molecule has 0 saturated carbocycles. The van der Waals surface area contributed by atoms with Crippen LogP contribution in [-0.4, -0.2) is 42.3 Å². The highest BCUT2D eigenvalue weighted by atomic mass is 27.0. The van der Waals surface area contributed by atoms with E-state index >= 15 is 0 Å². The van der Waals surface area contributed by atoms with Gasteiger partial charge in [-0.15, -0.1) is 0 Å². The molecular weight excluding hydrogens is 107 g/mol. The standard InChI is InChI=1S/C4H10O2.Al.3H/c1-2-6-4-3-5;;;;/h5H,2-4H2,1H3;;;;. The molecule has 44 valence electrons. The highest BCUT2D eigenvalue weighted by Crippen LogP contribution is 1.66. The van der Waals surface area contributed by atoms with Crippen LogP contribution in [0.2, 0.25) is 0 Å². The van der Waals surface area contributed by atoms with Crippen molar-refractivity contribution in [1.29, 1.82) is 0 Å². The van der Waals surface area contributed by atoms with Crippen molar-refractivity contribution < 1.29 is 9.84 Å². The van der Waals surface area contributed by atoms with Crippen LogP contribution < -0.4 is 0 Å². The fourth-order valence-corrected chi connectivity index (χ4v) is 0.209.